The van der Waals surface area contributed by atoms with E-state index in [4.69, 9.17) is 4.18 Å². The fourth-order valence-electron chi connectivity index (χ4n) is 2.38. The molecule has 1 N–H and O–H groups in total. The van der Waals surface area contributed by atoms with Gasteiger partial charge in [-0.2, -0.15) is 8.42 Å². The van der Waals surface area contributed by atoms with Crippen LogP contribution in [0.1, 0.15) is 15.9 Å². The average molecular weight is 446 g/mol. The quantitative estimate of drug-likeness (QED) is 0.573. The third kappa shape index (κ3) is 4.56. The van der Waals surface area contributed by atoms with Gasteiger partial charge in [0.15, 0.2) is 5.75 Å². The largest absolute Gasteiger partial charge is 0.378 e. The van der Waals surface area contributed by atoms with Crippen molar-refractivity contribution in [3.8, 4) is 5.75 Å². The number of amides is 1. The van der Waals surface area contributed by atoms with Gasteiger partial charge in [-0.1, -0.05) is 36.4 Å². The highest BCUT2D eigenvalue weighted by atomic mass is 79.9. The third-order valence-electron chi connectivity index (χ3n) is 3.81. The molecule has 0 saturated carbocycles. The van der Waals surface area contributed by atoms with Crippen LogP contribution in [0.5, 0.6) is 5.75 Å². The van der Waals surface area contributed by atoms with Crippen LogP contribution in [0.15, 0.2) is 82.2 Å². The molecule has 0 spiro atoms. The molecular formula is C20H16BrNO4S. The topological polar surface area (TPSA) is 72.5 Å². The first-order chi connectivity index (χ1) is 12.9. The van der Waals surface area contributed by atoms with Gasteiger partial charge in [-0.3, -0.25) is 4.79 Å². The molecule has 3 rings (SSSR count). The van der Waals surface area contributed by atoms with Gasteiger partial charge in [0.1, 0.15) is 4.90 Å². The van der Waals surface area contributed by atoms with Crippen molar-refractivity contribution >= 4 is 37.6 Å². The number of para-hydroxylation sites is 2. The molecule has 27 heavy (non-hydrogen) atoms. The maximum absolute atomic E-state index is 12.6. The van der Waals surface area contributed by atoms with Crippen LogP contribution in [-0.2, 0) is 10.1 Å². The lowest BCUT2D eigenvalue weighted by molar-refractivity contribution is 0.102. The van der Waals surface area contributed by atoms with Gasteiger partial charge in [0, 0.05) is 11.3 Å². The molecule has 0 unspecified atom stereocenters. The zero-order valence-corrected chi connectivity index (χ0v) is 16.7. The molecule has 1 amide bonds. The van der Waals surface area contributed by atoms with E-state index in [0.717, 1.165) is 5.56 Å². The van der Waals surface area contributed by atoms with Crippen LogP contribution in [0.2, 0.25) is 0 Å². The van der Waals surface area contributed by atoms with Crippen molar-refractivity contribution < 1.29 is 17.4 Å². The minimum atomic E-state index is -4.08. The van der Waals surface area contributed by atoms with Crippen LogP contribution in [-0.4, -0.2) is 14.3 Å². The van der Waals surface area contributed by atoms with E-state index < -0.39 is 16.0 Å². The molecule has 0 aromatic heterocycles. The van der Waals surface area contributed by atoms with Crippen LogP contribution in [0.4, 0.5) is 5.69 Å². The van der Waals surface area contributed by atoms with Crippen LogP contribution >= 0.6 is 15.9 Å². The zero-order valence-electron chi connectivity index (χ0n) is 14.3. The van der Waals surface area contributed by atoms with Crippen molar-refractivity contribution in [2.24, 2.45) is 0 Å². The Balaban J connectivity index is 1.85. The number of anilines is 1. The predicted molar refractivity (Wildman–Crippen MR) is 108 cm³/mol. The van der Waals surface area contributed by atoms with Gasteiger partial charge in [0.05, 0.1) is 4.47 Å². The van der Waals surface area contributed by atoms with E-state index in [0.29, 0.717) is 10.2 Å². The van der Waals surface area contributed by atoms with Crippen LogP contribution in [0.25, 0.3) is 0 Å². The second kappa shape index (κ2) is 7.94. The molecule has 7 heteroatoms. The van der Waals surface area contributed by atoms with Crippen LogP contribution in [0, 0.1) is 6.92 Å². The van der Waals surface area contributed by atoms with Gasteiger partial charge >= 0.3 is 10.1 Å². The summed E-state index contributed by atoms with van der Waals surface area (Å²) in [7, 11) is -4.08. The van der Waals surface area contributed by atoms with Gasteiger partial charge in [-0.25, -0.2) is 0 Å². The van der Waals surface area contributed by atoms with Gasteiger partial charge in [0.2, 0.25) is 0 Å². The van der Waals surface area contributed by atoms with E-state index in [2.05, 4.69) is 21.2 Å². The highest BCUT2D eigenvalue weighted by Crippen LogP contribution is 2.27. The molecular weight excluding hydrogens is 430 g/mol. The Kier molecular flexibility index (Phi) is 5.62. The van der Waals surface area contributed by atoms with Crippen molar-refractivity contribution in [3.05, 3.63) is 88.4 Å². The van der Waals surface area contributed by atoms with Crippen molar-refractivity contribution in [3.63, 3.8) is 0 Å². The molecule has 0 atom stereocenters. The molecule has 0 radical (unpaired) electrons. The number of carbonyl (C=O) groups is 1. The van der Waals surface area contributed by atoms with Crippen molar-refractivity contribution in [2.45, 2.75) is 11.8 Å². The van der Waals surface area contributed by atoms with E-state index in [1.165, 1.54) is 24.3 Å². The molecule has 3 aromatic rings. The summed E-state index contributed by atoms with van der Waals surface area (Å²) in [5.74, 6) is -0.227. The molecule has 138 valence electrons. The first-order valence-electron chi connectivity index (χ1n) is 8.03. The summed E-state index contributed by atoms with van der Waals surface area (Å²) in [6, 6.07) is 19.7. The van der Waals surface area contributed by atoms with E-state index in [9.17, 15) is 13.2 Å². The Morgan fingerprint density at radius 3 is 2.41 bits per heavy atom. The van der Waals surface area contributed by atoms with Crippen molar-refractivity contribution in [2.75, 3.05) is 5.32 Å². The second-order valence-electron chi connectivity index (χ2n) is 5.76. The molecule has 0 aliphatic carbocycles. The van der Waals surface area contributed by atoms with E-state index in [1.807, 2.05) is 25.1 Å². The molecule has 3 aromatic carbocycles. The summed E-state index contributed by atoms with van der Waals surface area (Å²) < 4.78 is 30.8. The van der Waals surface area contributed by atoms with Crippen molar-refractivity contribution in [1.29, 1.82) is 0 Å². The summed E-state index contributed by atoms with van der Waals surface area (Å²) in [5, 5.41) is 2.78. The molecule has 0 saturated heterocycles. The van der Waals surface area contributed by atoms with Gasteiger partial charge in [-0.05, 0) is 64.8 Å². The Hall–Kier alpha value is -2.64. The Morgan fingerprint density at radius 1 is 0.963 bits per heavy atom. The number of aryl methyl sites for hydroxylation is 1. The Labute approximate surface area is 166 Å². The summed E-state index contributed by atoms with van der Waals surface area (Å²) in [6.45, 7) is 1.88. The van der Waals surface area contributed by atoms with E-state index in [1.54, 1.807) is 30.3 Å². The fraction of sp³-hybridized carbons (Fsp3) is 0.0500. The zero-order chi connectivity index (χ0) is 19.4. The normalized spacial score (nSPS) is 11.0. The molecule has 5 nitrogen and oxygen atoms in total. The fourth-order valence-corrected chi connectivity index (χ4v) is 3.85. The van der Waals surface area contributed by atoms with Crippen LogP contribution in [0.3, 0.4) is 0 Å². The number of hydrogen-bond donors (Lipinski definition) is 1. The Bertz CT molecular complexity index is 1100. The monoisotopic (exact) mass is 445 g/mol. The second-order valence-corrected chi connectivity index (χ2v) is 8.17. The number of hydrogen-bond acceptors (Lipinski definition) is 4. The summed E-state index contributed by atoms with van der Waals surface area (Å²) in [5.41, 5.74) is 1.79. The highest BCUT2D eigenvalue weighted by molar-refractivity contribution is 9.10. The minimum Gasteiger partial charge on any atom is -0.378 e. The molecule has 0 heterocycles. The van der Waals surface area contributed by atoms with Crippen molar-refractivity contribution in [1.82, 2.24) is 0 Å². The SMILES string of the molecule is Cc1ccccc1NC(=O)c1cccc(S(=O)(=O)Oc2ccccc2Br)c1. The smallest absolute Gasteiger partial charge is 0.339 e. The molecule has 0 aliphatic heterocycles. The number of halogens is 1. The molecule has 0 fully saturated rings. The number of benzene rings is 3. The van der Waals surface area contributed by atoms with Gasteiger partial charge in [0.25, 0.3) is 5.91 Å². The van der Waals surface area contributed by atoms with E-state index in [-0.39, 0.29) is 16.2 Å². The first-order valence-corrected chi connectivity index (χ1v) is 10.2. The lowest BCUT2D eigenvalue weighted by atomic mass is 10.1. The molecule has 0 bridgehead atoms. The summed E-state index contributed by atoms with van der Waals surface area (Å²) in [4.78, 5) is 12.4. The standard InChI is InChI=1S/C20H16BrNO4S/c1-14-7-2-4-11-18(14)22-20(23)15-8-6-9-16(13-15)27(24,25)26-19-12-5-3-10-17(19)21/h2-13H,1H3,(H,22,23). The van der Waals surface area contributed by atoms with E-state index >= 15 is 0 Å². The maximum atomic E-state index is 12.6. The molecule has 0 aliphatic rings. The van der Waals surface area contributed by atoms with Gasteiger partial charge < -0.3 is 9.50 Å². The first kappa shape index (κ1) is 19.1. The summed E-state index contributed by atoms with van der Waals surface area (Å²) in [6.07, 6.45) is 0. The number of carbonyl (C=O) groups excluding carboxylic acids is 1. The lowest BCUT2D eigenvalue weighted by Gasteiger charge is -2.11. The maximum Gasteiger partial charge on any atom is 0.339 e. The summed E-state index contributed by atoms with van der Waals surface area (Å²) >= 11 is 3.25. The van der Waals surface area contributed by atoms with Crippen LogP contribution < -0.4 is 9.50 Å². The van der Waals surface area contributed by atoms with Gasteiger partial charge in [-0.15, -0.1) is 0 Å². The number of rotatable bonds is 5. The Morgan fingerprint density at radius 2 is 1.67 bits per heavy atom. The number of nitrogens with one attached hydrogen (secondary N) is 1. The lowest BCUT2D eigenvalue weighted by Crippen LogP contribution is -2.15. The average Bonchev–Trinajstić information content (AvgIpc) is 2.65. The highest BCUT2D eigenvalue weighted by Gasteiger charge is 2.20. The predicted octanol–water partition coefficient (Wildman–Crippen LogP) is 4.78. The minimum absolute atomic E-state index is 0.101. The third-order valence-corrected chi connectivity index (χ3v) is 5.70.